The van der Waals surface area contributed by atoms with Gasteiger partial charge in [0.1, 0.15) is 18.5 Å². The fourth-order valence-electron chi connectivity index (χ4n) is 2.54. The molecule has 0 saturated carbocycles. The van der Waals surface area contributed by atoms with Crippen LogP contribution in [0.15, 0.2) is 66.7 Å². The molecule has 3 rings (SSSR count). The van der Waals surface area contributed by atoms with Crippen molar-refractivity contribution in [3.63, 3.8) is 0 Å². The predicted octanol–water partition coefficient (Wildman–Crippen LogP) is 4.26. The molecule has 21 heavy (non-hydrogen) atoms. The summed E-state index contributed by atoms with van der Waals surface area (Å²) < 4.78 is 5.84. The van der Waals surface area contributed by atoms with Gasteiger partial charge in [-0.05, 0) is 29.5 Å². The quantitative estimate of drug-likeness (QED) is 0.772. The van der Waals surface area contributed by atoms with Gasteiger partial charge in [0.25, 0.3) is 0 Å². The summed E-state index contributed by atoms with van der Waals surface area (Å²) in [5.41, 5.74) is 1.99. The van der Waals surface area contributed by atoms with E-state index in [0.717, 1.165) is 27.6 Å². The van der Waals surface area contributed by atoms with Gasteiger partial charge < -0.3 is 9.84 Å². The highest BCUT2D eigenvalue weighted by molar-refractivity contribution is 5.88. The molecular weight excluding hydrogens is 260 g/mol. The highest BCUT2D eigenvalue weighted by Crippen LogP contribution is 2.26. The van der Waals surface area contributed by atoms with Crippen molar-refractivity contribution in [2.45, 2.75) is 13.0 Å². The smallest absolute Gasteiger partial charge is 0.127 e. The first kappa shape index (κ1) is 13.7. The van der Waals surface area contributed by atoms with Gasteiger partial charge in [0, 0.05) is 5.39 Å². The molecule has 0 aliphatic carbocycles. The van der Waals surface area contributed by atoms with E-state index >= 15 is 0 Å². The van der Waals surface area contributed by atoms with Gasteiger partial charge in [-0.1, -0.05) is 60.7 Å². The molecule has 0 aromatic heterocycles. The molecular formula is C19H18O2. The van der Waals surface area contributed by atoms with Crippen LogP contribution in [-0.4, -0.2) is 11.7 Å². The average Bonchev–Trinajstić information content (AvgIpc) is 2.53. The maximum absolute atomic E-state index is 10.3. The van der Waals surface area contributed by atoms with Crippen LogP contribution in [0.4, 0.5) is 0 Å². The number of aliphatic hydroxyl groups is 1. The Morgan fingerprint density at radius 1 is 0.905 bits per heavy atom. The Labute approximate surface area is 124 Å². The SMILES string of the molecule is Cc1ccccc1C(O)COc1cccc2ccccc12. The molecule has 106 valence electrons. The molecule has 3 aromatic carbocycles. The zero-order valence-electron chi connectivity index (χ0n) is 12.0. The Bertz CT molecular complexity index is 744. The Balaban J connectivity index is 1.79. The largest absolute Gasteiger partial charge is 0.490 e. The van der Waals surface area contributed by atoms with Crippen LogP contribution in [-0.2, 0) is 0 Å². The van der Waals surface area contributed by atoms with Crippen molar-refractivity contribution in [1.29, 1.82) is 0 Å². The van der Waals surface area contributed by atoms with E-state index < -0.39 is 6.10 Å². The van der Waals surface area contributed by atoms with E-state index in [4.69, 9.17) is 4.74 Å². The minimum Gasteiger partial charge on any atom is -0.490 e. The van der Waals surface area contributed by atoms with Crippen molar-refractivity contribution in [3.05, 3.63) is 77.9 Å². The molecule has 0 amide bonds. The second-order valence-corrected chi connectivity index (χ2v) is 5.16. The number of hydrogen-bond acceptors (Lipinski definition) is 2. The zero-order chi connectivity index (χ0) is 14.7. The standard InChI is InChI=1S/C19H18O2/c1-14-7-2-4-10-16(14)18(20)13-21-19-12-6-9-15-8-3-5-11-17(15)19/h2-12,18,20H,13H2,1H3. The van der Waals surface area contributed by atoms with Crippen LogP contribution in [0.3, 0.4) is 0 Å². The first-order valence-electron chi connectivity index (χ1n) is 7.10. The summed E-state index contributed by atoms with van der Waals surface area (Å²) in [6.45, 7) is 2.25. The lowest BCUT2D eigenvalue weighted by Crippen LogP contribution is -2.11. The van der Waals surface area contributed by atoms with Crippen molar-refractivity contribution >= 4 is 10.8 Å². The van der Waals surface area contributed by atoms with Crippen molar-refractivity contribution in [2.24, 2.45) is 0 Å². The van der Waals surface area contributed by atoms with Gasteiger partial charge in [0.15, 0.2) is 0 Å². The van der Waals surface area contributed by atoms with Gasteiger partial charge in [-0.15, -0.1) is 0 Å². The van der Waals surface area contributed by atoms with E-state index in [9.17, 15) is 5.11 Å². The summed E-state index contributed by atoms with van der Waals surface area (Å²) in [5.74, 6) is 0.806. The summed E-state index contributed by atoms with van der Waals surface area (Å²) in [5, 5.41) is 12.5. The van der Waals surface area contributed by atoms with Gasteiger partial charge in [0.2, 0.25) is 0 Å². The van der Waals surface area contributed by atoms with Crippen molar-refractivity contribution < 1.29 is 9.84 Å². The first-order valence-corrected chi connectivity index (χ1v) is 7.10. The molecule has 0 bridgehead atoms. The van der Waals surface area contributed by atoms with Crippen LogP contribution < -0.4 is 4.74 Å². The van der Waals surface area contributed by atoms with Crippen LogP contribution in [0.25, 0.3) is 10.8 Å². The van der Waals surface area contributed by atoms with E-state index in [2.05, 4.69) is 12.1 Å². The van der Waals surface area contributed by atoms with Crippen molar-refractivity contribution in [1.82, 2.24) is 0 Å². The molecule has 3 aromatic rings. The lowest BCUT2D eigenvalue weighted by Gasteiger charge is -2.15. The summed E-state index contributed by atoms with van der Waals surface area (Å²) in [6, 6.07) is 21.9. The monoisotopic (exact) mass is 278 g/mol. The number of aliphatic hydroxyl groups excluding tert-OH is 1. The minimum atomic E-state index is -0.620. The summed E-state index contributed by atoms with van der Waals surface area (Å²) in [4.78, 5) is 0. The van der Waals surface area contributed by atoms with E-state index in [0.29, 0.717) is 0 Å². The second-order valence-electron chi connectivity index (χ2n) is 5.16. The molecule has 0 aliphatic rings. The molecule has 0 heterocycles. The van der Waals surface area contributed by atoms with Gasteiger partial charge in [-0.2, -0.15) is 0 Å². The van der Waals surface area contributed by atoms with Crippen molar-refractivity contribution in [3.8, 4) is 5.75 Å². The number of aryl methyl sites for hydroxylation is 1. The van der Waals surface area contributed by atoms with Gasteiger partial charge in [-0.3, -0.25) is 0 Å². The Kier molecular flexibility index (Phi) is 3.89. The number of rotatable bonds is 4. The first-order chi connectivity index (χ1) is 10.3. The molecule has 0 fully saturated rings. The Morgan fingerprint density at radius 2 is 1.62 bits per heavy atom. The van der Waals surface area contributed by atoms with E-state index in [1.165, 1.54) is 0 Å². The fourth-order valence-corrected chi connectivity index (χ4v) is 2.54. The lowest BCUT2D eigenvalue weighted by atomic mass is 10.0. The van der Waals surface area contributed by atoms with Crippen molar-refractivity contribution in [2.75, 3.05) is 6.61 Å². The predicted molar refractivity (Wildman–Crippen MR) is 85.6 cm³/mol. The van der Waals surface area contributed by atoms with E-state index in [1.807, 2.05) is 61.5 Å². The highest BCUT2D eigenvalue weighted by Gasteiger charge is 2.11. The van der Waals surface area contributed by atoms with Crippen LogP contribution >= 0.6 is 0 Å². The molecule has 1 N–H and O–H groups in total. The average molecular weight is 278 g/mol. The molecule has 0 saturated heterocycles. The minimum absolute atomic E-state index is 0.249. The third-order valence-electron chi connectivity index (χ3n) is 3.69. The Morgan fingerprint density at radius 3 is 2.48 bits per heavy atom. The van der Waals surface area contributed by atoms with E-state index in [1.54, 1.807) is 0 Å². The van der Waals surface area contributed by atoms with Crippen LogP contribution in [0.5, 0.6) is 5.75 Å². The lowest BCUT2D eigenvalue weighted by molar-refractivity contribution is 0.108. The van der Waals surface area contributed by atoms with E-state index in [-0.39, 0.29) is 6.61 Å². The third-order valence-corrected chi connectivity index (χ3v) is 3.69. The van der Waals surface area contributed by atoms with Crippen LogP contribution in [0.1, 0.15) is 17.2 Å². The molecule has 1 atom stereocenters. The summed E-state index contributed by atoms with van der Waals surface area (Å²) in [7, 11) is 0. The molecule has 0 spiro atoms. The molecule has 2 nitrogen and oxygen atoms in total. The fraction of sp³-hybridized carbons (Fsp3) is 0.158. The van der Waals surface area contributed by atoms with Gasteiger partial charge in [0.05, 0.1) is 0 Å². The molecule has 0 radical (unpaired) electrons. The van der Waals surface area contributed by atoms with Crippen LogP contribution in [0, 0.1) is 6.92 Å². The zero-order valence-corrected chi connectivity index (χ0v) is 12.0. The topological polar surface area (TPSA) is 29.5 Å². The molecule has 2 heteroatoms. The maximum atomic E-state index is 10.3. The Hall–Kier alpha value is -2.32. The normalized spacial score (nSPS) is 12.3. The number of benzene rings is 3. The summed E-state index contributed by atoms with van der Waals surface area (Å²) in [6.07, 6.45) is -0.620. The number of fused-ring (bicyclic) bond motifs is 1. The second kappa shape index (κ2) is 5.98. The highest BCUT2D eigenvalue weighted by atomic mass is 16.5. The summed E-state index contributed by atoms with van der Waals surface area (Å²) >= 11 is 0. The molecule has 0 aliphatic heterocycles. The van der Waals surface area contributed by atoms with Crippen LogP contribution in [0.2, 0.25) is 0 Å². The number of hydrogen-bond donors (Lipinski definition) is 1. The van der Waals surface area contributed by atoms with Gasteiger partial charge >= 0.3 is 0 Å². The molecule has 1 unspecified atom stereocenters. The van der Waals surface area contributed by atoms with Gasteiger partial charge in [-0.25, -0.2) is 0 Å². The third kappa shape index (κ3) is 2.91. The number of ether oxygens (including phenoxy) is 1. The maximum Gasteiger partial charge on any atom is 0.127 e.